The van der Waals surface area contributed by atoms with Gasteiger partial charge < -0.3 is 14.2 Å². The molecule has 0 heterocycles. The molecule has 0 saturated carbocycles. The predicted octanol–water partition coefficient (Wildman–Crippen LogP) is 5.35. The smallest absolute Gasteiger partial charge is 0.277 e. The number of rotatable bonds is 11. The van der Waals surface area contributed by atoms with Crippen LogP contribution in [0.25, 0.3) is 0 Å². The number of hydrogen-bond acceptors (Lipinski definition) is 5. The van der Waals surface area contributed by atoms with E-state index < -0.39 is 0 Å². The van der Waals surface area contributed by atoms with Crippen LogP contribution in [0.5, 0.6) is 17.2 Å². The third-order valence-corrected chi connectivity index (χ3v) is 4.76. The molecule has 1 N–H and O–H groups in total. The second-order valence-electron chi connectivity index (χ2n) is 6.86. The summed E-state index contributed by atoms with van der Waals surface area (Å²) >= 11 is 3.43. The molecule has 3 rings (SSSR count). The molecule has 0 unspecified atom stereocenters. The van der Waals surface area contributed by atoms with Crippen molar-refractivity contribution in [3.63, 3.8) is 0 Å². The molecule has 0 bridgehead atoms. The van der Waals surface area contributed by atoms with Gasteiger partial charge in [-0.25, -0.2) is 5.43 Å². The molecule has 32 heavy (non-hydrogen) atoms. The average molecular weight is 497 g/mol. The normalized spacial score (nSPS) is 10.7. The van der Waals surface area contributed by atoms with Crippen molar-refractivity contribution in [2.24, 2.45) is 5.10 Å². The number of carbonyl (C=O) groups excluding carboxylic acids is 1. The lowest BCUT2D eigenvalue weighted by Crippen LogP contribution is -2.24. The van der Waals surface area contributed by atoms with E-state index >= 15 is 0 Å². The Morgan fingerprint density at radius 2 is 1.69 bits per heavy atom. The monoisotopic (exact) mass is 496 g/mol. The van der Waals surface area contributed by atoms with E-state index in [1.807, 2.05) is 55.5 Å². The summed E-state index contributed by atoms with van der Waals surface area (Å²) in [5, 5.41) is 4.01. The standard InChI is InChI=1S/C25H25BrN2O4/c1-2-14-30-24-13-8-21(26)15-20(24)16-27-28-25(29)18-32-23-11-9-22(10-12-23)31-17-19-6-4-3-5-7-19/h3-13,15-16H,2,14,17-18H2,1H3,(H,28,29)/b27-16+. The minimum Gasteiger partial charge on any atom is -0.493 e. The highest BCUT2D eigenvalue weighted by molar-refractivity contribution is 9.10. The molecule has 0 fully saturated rings. The Kier molecular flexibility index (Phi) is 9.13. The molecule has 3 aromatic rings. The Morgan fingerprint density at radius 1 is 0.969 bits per heavy atom. The van der Waals surface area contributed by atoms with E-state index in [9.17, 15) is 4.79 Å². The van der Waals surface area contributed by atoms with Crippen molar-refractivity contribution in [1.29, 1.82) is 0 Å². The Hall–Kier alpha value is -3.32. The average Bonchev–Trinajstić information content (AvgIpc) is 2.82. The maximum Gasteiger partial charge on any atom is 0.277 e. The van der Waals surface area contributed by atoms with Crippen molar-refractivity contribution in [2.45, 2.75) is 20.0 Å². The van der Waals surface area contributed by atoms with Gasteiger partial charge in [0.25, 0.3) is 5.91 Å². The van der Waals surface area contributed by atoms with Crippen LogP contribution in [0.15, 0.2) is 82.4 Å². The van der Waals surface area contributed by atoms with E-state index in [0.717, 1.165) is 27.8 Å². The van der Waals surface area contributed by atoms with Crippen LogP contribution < -0.4 is 19.6 Å². The van der Waals surface area contributed by atoms with Gasteiger partial charge in [-0.1, -0.05) is 53.2 Å². The summed E-state index contributed by atoms with van der Waals surface area (Å²) in [7, 11) is 0. The van der Waals surface area contributed by atoms with Crippen molar-refractivity contribution in [3.8, 4) is 17.2 Å². The molecule has 3 aromatic carbocycles. The zero-order valence-corrected chi connectivity index (χ0v) is 19.4. The highest BCUT2D eigenvalue weighted by atomic mass is 79.9. The molecular formula is C25H25BrN2O4. The van der Waals surface area contributed by atoms with Crippen LogP contribution in [0.4, 0.5) is 0 Å². The van der Waals surface area contributed by atoms with Crippen molar-refractivity contribution < 1.29 is 19.0 Å². The van der Waals surface area contributed by atoms with Crippen molar-refractivity contribution in [2.75, 3.05) is 13.2 Å². The summed E-state index contributed by atoms with van der Waals surface area (Å²) in [6, 6.07) is 22.7. The van der Waals surface area contributed by atoms with Crippen LogP contribution >= 0.6 is 15.9 Å². The maximum absolute atomic E-state index is 12.0. The first-order valence-corrected chi connectivity index (χ1v) is 11.1. The van der Waals surface area contributed by atoms with Gasteiger partial charge in [-0.15, -0.1) is 0 Å². The van der Waals surface area contributed by atoms with Gasteiger partial charge in [-0.3, -0.25) is 4.79 Å². The Bertz CT molecular complexity index is 1020. The number of halogens is 1. The first kappa shape index (κ1) is 23.3. The molecule has 1 amide bonds. The van der Waals surface area contributed by atoms with Gasteiger partial charge in [0.2, 0.25) is 0 Å². The number of hydrazone groups is 1. The maximum atomic E-state index is 12.0. The summed E-state index contributed by atoms with van der Waals surface area (Å²) in [6.45, 7) is 2.99. The molecule has 0 radical (unpaired) electrons. The van der Waals surface area contributed by atoms with Crippen molar-refractivity contribution >= 4 is 28.1 Å². The first-order valence-electron chi connectivity index (χ1n) is 10.3. The predicted molar refractivity (Wildman–Crippen MR) is 128 cm³/mol. The summed E-state index contributed by atoms with van der Waals surface area (Å²) in [6.07, 6.45) is 2.45. The van der Waals surface area contributed by atoms with Crippen LogP contribution in [-0.2, 0) is 11.4 Å². The van der Waals surface area contributed by atoms with Gasteiger partial charge in [0.15, 0.2) is 6.61 Å². The van der Waals surface area contributed by atoms with E-state index in [1.165, 1.54) is 0 Å². The second kappa shape index (κ2) is 12.5. The second-order valence-corrected chi connectivity index (χ2v) is 7.77. The van der Waals surface area contributed by atoms with Gasteiger partial charge in [0, 0.05) is 10.0 Å². The largest absolute Gasteiger partial charge is 0.493 e. The Morgan fingerprint density at radius 3 is 2.41 bits per heavy atom. The van der Waals surface area contributed by atoms with Crippen LogP contribution in [0.1, 0.15) is 24.5 Å². The summed E-state index contributed by atoms with van der Waals surface area (Å²) in [5.74, 6) is 1.64. The highest BCUT2D eigenvalue weighted by Gasteiger charge is 2.05. The van der Waals surface area contributed by atoms with Gasteiger partial charge in [-0.05, 0) is 54.4 Å². The fraction of sp³-hybridized carbons (Fsp3) is 0.200. The van der Waals surface area contributed by atoms with Gasteiger partial charge in [-0.2, -0.15) is 5.10 Å². The lowest BCUT2D eigenvalue weighted by atomic mass is 10.2. The molecular weight excluding hydrogens is 472 g/mol. The van der Waals surface area contributed by atoms with E-state index in [-0.39, 0.29) is 12.5 Å². The summed E-state index contributed by atoms with van der Waals surface area (Å²) < 4.78 is 17.8. The molecule has 0 saturated heterocycles. The quantitative estimate of drug-likeness (QED) is 0.287. The van der Waals surface area contributed by atoms with E-state index in [1.54, 1.807) is 30.5 Å². The first-order chi connectivity index (χ1) is 15.6. The fourth-order valence-electron chi connectivity index (χ4n) is 2.69. The number of amides is 1. The van der Waals surface area contributed by atoms with Crippen molar-refractivity contribution in [1.82, 2.24) is 5.43 Å². The Labute approximate surface area is 196 Å². The number of ether oxygens (including phenoxy) is 3. The highest BCUT2D eigenvalue weighted by Crippen LogP contribution is 2.22. The molecule has 166 valence electrons. The molecule has 0 aliphatic heterocycles. The van der Waals surface area contributed by atoms with E-state index in [0.29, 0.717) is 24.7 Å². The number of hydrogen-bond donors (Lipinski definition) is 1. The number of carbonyl (C=O) groups is 1. The molecule has 0 aromatic heterocycles. The minimum absolute atomic E-state index is 0.154. The van der Waals surface area contributed by atoms with Gasteiger partial charge >= 0.3 is 0 Å². The molecule has 6 nitrogen and oxygen atoms in total. The van der Waals surface area contributed by atoms with E-state index in [2.05, 4.69) is 26.5 Å². The number of benzene rings is 3. The van der Waals surface area contributed by atoms with Gasteiger partial charge in [0.05, 0.1) is 12.8 Å². The number of nitrogens with zero attached hydrogens (tertiary/aromatic N) is 1. The van der Waals surface area contributed by atoms with Crippen molar-refractivity contribution in [3.05, 3.63) is 88.4 Å². The van der Waals surface area contributed by atoms with Crippen LogP contribution in [0, 0.1) is 0 Å². The molecule has 7 heteroatoms. The lowest BCUT2D eigenvalue weighted by molar-refractivity contribution is -0.123. The Balaban J connectivity index is 1.44. The third-order valence-electron chi connectivity index (χ3n) is 4.27. The van der Waals surface area contributed by atoms with Crippen LogP contribution in [0.3, 0.4) is 0 Å². The van der Waals surface area contributed by atoms with Crippen LogP contribution in [0.2, 0.25) is 0 Å². The third kappa shape index (κ3) is 7.74. The minimum atomic E-state index is -0.364. The molecule has 0 aliphatic carbocycles. The van der Waals surface area contributed by atoms with Gasteiger partial charge in [0.1, 0.15) is 23.9 Å². The zero-order valence-electron chi connectivity index (χ0n) is 17.8. The zero-order chi connectivity index (χ0) is 22.6. The topological polar surface area (TPSA) is 69.2 Å². The van der Waals surface area contributed by atoms with Crippen LogP contribution in [-0.4, -0.2) is 25.3 Å². The van der Waals surface area contributed by atoms with E-state index in [4.69, 9.17) is 14.2 Å². The summed E-state index contributed by atoms with van der Waals surface area (Å²) in [5.41, 5.74) is 4.32. The summed E-state index contributed by atoms with van der Waals surface area (Å²) in [4.78, 5) is 12.0. The SMILES string of the molecule is CCCOc1ccc(Br)cc1/C=N/NC(=O)COc1ccc(OCc2ccccc2)cc1. The molecule has 0 spiro atoms. The fourth-order valence-corrected chi connectivity index (χ4v) is 3.07. The number of nitrogens with one attached hydrogen (secondary N) is 1. The lowest BCUT2D eigenvalue weighted by Gasteiger charge is -2.09. The molecule has 0 aliphatic rings. The molecule has 0 atom stereocenters.